The standard InChI is InChI=1S/C22H22N6OS/c1-13-24-20(23-11-22-28-27-14(2)30-22)10-21(25-13)29-12-16-9-17(16)19-8-7-15-5-3-4-6-18(15)26-19/h3-8,10,16-17H,9,11-12H2,1-2H3,(H,23,24,25)/t16-,17+/m1/s1. The topological polar surface area (TPSA) is 85.7 Å². The van der Waals surface area contributed by atoms with Gasteiger partial charge >= 0.3 is 0 Å². The Labute approximate surface area is 178 Å². The molecule has 1 aliphatic carbocycles. The lowest BCUT2D eigenvalue weighted by Gasteiger charge is -2.09. The zero-order valence-corrected chi connectivity index (χ0v) is 17.7. The van der Waals surface area contributed by atoms with Gasteiger partial charge in [0.05, 0.1) is 18.7 Å². The summed E-state index contributed by atoms with van der Waals surface area (Å²) in [6, 6.07) is 14.4. The monoisotopic (exact) mass is 418 g/mol. The zero-order chi connectivity index (χ0) is 20.5. The molecule has 5 rings (SSSR count). The van der Waals surface area contributed by atoms with Crippen LogP contribution in [0.1, 0.15) is 33.9 Å². The lowest BCUT2D eigenvalue weighted by atomic mass is 10.1. The van der Waals surface area contributed by atoms with Crippen LogP contribution in [0, 0.1) is 19.8 Å². The highest BCUT2D eigenvalue weighted by molar-refractivity contribution is 7.11. The van der Waals surface area contributed by atoms with E-state index in [0.717, 1.165) is 33.5 Å². The molecule has 1 saturated carbocycles. The highest BCUT2D eigenvalue weighted by Crippen LogP contribution is 2.47. The van der Waals surface area contributed by atoms with Gasteiger partial charge in [0, 0.05) is 29.0 Å². The quantitative estimate of drug-likeness (QED) is 0.479. The second-order valence-electron chi connectivity index (χ2n) is 7.55. The third-order valence-corrected chi connectivity index (χ3v) is 6.01. The second kappa shape index (κ2) is 7.95. The lowest BCUT2D eigenvalue weighted by molar-refractivity contribution is 0.284. The summed E-state index contributed by atoms with van der Waals surface area (Å²) < 4.78 is 6.00. The summed E-state index contributed by atoms with van der Waals surface area (Å²) in [6.45, 7) is 5.02. The molecule has 4 aromatic rings. The van der Waals surface area contributed by atoms with E-state index in [1.807, 2.05) is 32.0 Å². The molecule has 1 fully saturated rings. The van der Waals surface area contributed by atoms with Crippen LogP contribution in [0.15, 0.2) is 42.5 Å². The van der Waals surface area contributed by atoms with E-state index in [-0.39, 0.29) is 0 Å². The van der Waals surface area contributed by atoms with Gasteiger partial charge in [-0.05, 0) is 32.4 Å². The van der Waals surface area contributed by atoms with E-state index in [1.54, 1.807) is 11.3 Å². The minimum Gasteiger partial charge on any atom is -0.477 e. The number of para-hydroxylation sites is 1. The zero-order valence-electron chi connectivity index (χ0n) is 16.9. The Morgan fingerprint density at radius 1 is 1.07 bits per heavy atom. The minimum atomic E-state index is 0.454. The summed E-state index contributed by atoms with van der Waals surface area (Å²) in [7, 11) is 0. The maximum atomic E-state index is 6.00. The Hall–Kier alpha value is -3.13. The summed E-state index contributed by atoms with van der Waals surface area (Å²) >= 11 is 1.57. The third-order valence-electron chi connectivity index (χ3n) is 5.17. The van der Waals surface area contributed by atoms with Crippen LogP contribution >= 0.6 is 11.3 Å². The number of anilines is 1. The average Bonchev–Trinajstić information content (AvgIpc) is 3.42. The molecule has 0 bridgehead atoms. The van der Waals surface area contributed by atoms with E-state index in [4.69, 9.17) is 9.72 Å². The van der Waals surface area contributed by atoms with Crippen molar-refractivity contribution in [2.75, 3.05) is 11.9 Å². The predicted molar refractivity (Wildman–Crippen MR) is 117 cm³/mol. The van der Waals surface area contributed by atoms with Gasteiger partial charge in [0.1, 0.15) is 21.7 Å². The van der Waals surface area contributed by atoms with E-state index < -0.39 is 0 Å². The van der Waals surface area contributed by atoms with E-state index in [2.05, 4.69) is 49.7 Å². The molecule has 3 aromatic heterocycles. The van der Waals surface area contributed by atoms with Crippen LogP contribution in [-0.2, 0) is 6.54 Å². The Morgan fingerprint density at radius 2 is 1.97 bits per heavy atom. The number of aryl methyl sites for hydroxylation is 2. The van der Waals surface area contributed by atoms with Gasteiger partial charge in [0.25, 0.3) is 0 Å². The minimum absolute atomic E-state index is 0.454. The van der Waals surface area contributed by atoms with Crippen LogP contribution in [0.25, 0.3) is 10.9 Å². The first-order valence-corrected chi connectivity index (χ1v) is 10.8. The maximum Gasteiger partial charge on any atom is 0.218 e. The van der Waals surface area contributed by atoms with Gasteiger partial charge in [0.15, 0.2) is 0 Å². The molecule has 0 amide bonds. The number of benzene rings is 1. The summed E-state index contributed by atoms with van der Waals surface area (Å²) in [5.41, 5.74) is 2.20. The lowest BCUT2D eigenvalue weighted by Crippen LogP contribution is -2.07. The maximum absolute atomic E-state index is 6.00. The Kier molecular flexibility index (Phi) is 5.00. The molecule has 0 radical (unpaired) electrons. The van der Waals surface area contributed by atoms with Crippen LogP contribution in [0.4, 0.5) is 5.82 Å². The van der Waals surface area contributed by atoms with Gasteiger partial charge < -0.3 is 10.1 Å². The molecule has 7 nitrogen and oxygen atoms in total. The summed E-state index contributed by atoms with van der Waals surface area (Å²) in [5.74, 6) is 2.92. The van der Waals surface area contributed by atoms with Crippen molar-refractivity contribution in [2.24, 2.45) is 5.92 Å². The average molecular weight is 419 g/mol. The predicted octanol–water partition coefficient (Wildman–Crippen LogP) is 4.29. The SMILES string of the molecule is Cc1nc(NCc2nnc(C)s2)cc(OC[C@H]2C[C@@H]2c2ccc3ccccc3n2)n1. The number of ether oxygens (including phenoxy) is 1. The molecule has 1 N–H and O–H groups in total. The summed E-state index contributed by atoms with van der Waals surface area (Å²) in [4.78, 5) is 13.7. The number of pyridine rings is 1. The van der Waals surface area contributed by atoms with Crippen molar-refractivity contribution in [1.82, 2.24) is 25.1 Å². The molecular weight excluding hydrogens is 396 g/mol. The third kappa shape index (κ3) is 4.23. The molecule has 2 atom stereocenters. The fraction of sp³-hybridized carbons (Fsp3) is 0.318. The number of rotatable bonds is 7. The van der Waals surface area contributed by atoms with Gasteiger partial charge in [-0.2, -0.15) is 4.98 Å². The van der Waals surface area contributed by atoms with Crippen LogP contribution in [0.3, 0.4) is 0 Å². The van der Waals surface area contributed by atoms with Crippen molar-refractivity contribution in [3.8, 4) is 5.88 Å². The van der Waals surface area contributed by atoms with Gasteiger partial charge in [-0.25, -0.2) is 4.98 Å². The molecule has 0 saturated heterocycles. The van der Waals surface area contributed by atoms with Gasteiger partial charge in [-0.15, -0.1) is 10.2 Å². The number of hydrogen-bond donors (Lipinski definition) is 1. The highest BCUT2D eigenvalue weighted by Gasteiger charge is 2.40. The van der Waals surface area contributed by atoms with Gasteiger partial charge in [0.2, 0.25) is 5.88 Å². The molecule has 1 aliphatic rings. The van der Waals surface area contributed by atoms with Crippen molar-refractivity contribution in [3.05, 3.63) is 64.0 Å². The number of aromatic nitrogens is 5. The van der Waals surface area contributed by atoms with E-state index in [0.29, 0.717) is 36.7 Å². The first kappa shape index (κ1) is 18.9. The van der Waals surface area contributed by atoms with E-state index in [9.17, 15) is 0 Å². The fourth-order valence-electron chi connectivity index (χ4n) is 3.55. The highest BCUT2D eigenvalue weighted by atomic mass is 32.1. The van der Waals surface area contributed by atoms with E-state index in [1.165, 1.54) is 5.39 Å². The van der Waals surface area contributed by atoms with Crippen molar-refractivity contribution in [3.63, 3.8) is 0 Å². The Morgan fingerprint density at radius 3 is 2.83 bits per heavy atom. The molecular formula is C22H22N6OS. The Balaban J connectivity index is 1.19. The molecule has 3 heterocycles. The molecule has 1 aromatic carbocycles. The summed E-state index contributed by atoms with van der Waals surface area (Å²) in [5, 5.41) is 14.5. The van der Waals surface area contributed by atoms with E-state index >= 15 is 0 Å². The van der Waals surface area contributed by atoms with Gasteiger partial charge in [-0.3, -0.25) is 4.98 Å². The van der Waals surface area contributed by atoms with Crippen molar-refractivity contribution < 1.29 is 4.74 Å². The van der Waals surface area contributed by atoms with Crippen LogP contribution in [0.2, 0.25) is 0 Å². The molecule has 0 unspecified atom stereocenters. The normalized spacial score (nSPS) is 17.8. The molecule has 152 valence electrons. The first-order valence-electron chi connectivity index (χ1n) is 10.0. The summed E-state index contributed by atoms with van der Waals surface area (Å²) in [6.07, 6.45) is 1.09. The van der Waals surface area contributed by atoms with Crippen molar-refractivity contribution in [1.29, 1.82) is 0 Å². The van der Waals surface area contributed by atoms with Gasteiger partial charge in [-0.1, -0.05) is 35.6 Å². The van der Waals surface area contributed by atoms with Crippen LogP contribution < -0.4 is 10.1 Å². The number of fused-ring (bicyclic) bond motifs is 1. The van der Waals surface area contributed by atoms with Crippen LogP contribution in [0.5, 0.6) is 5.88 Å². The molecule has 8 heteroatoms. The Bertz CT molecular complexity index is 1190. The number of nitrogens with zero attached hydrogens (tertiary/aromatic N) is 5. The molecule has 0 aliphatic heterocycles. The fourth-order valence-corrected chi connectivity index (χ4v) is 4.20. The first-order chi connectivity index (χ1) is 14.6. The molecule has 30 heavy (non-hydrogen) atoms. The smallest absolute Gasteiger partial charge is 0.218 e. The van der Waals surface area contributed by atoms with Crippen molar-refractivity contribution in [2.45, 2.75) is 32.7 Å². The van der Waals surface area contributed by atoms with Crippen LogP contribution in [-0.4, -0.2) is 31.8 Å². The number of hydrogen-bond acceptors (Lipinski definition) is 8. The largest absolute Gasteiger partial charge is 0.477 e. The number of nitrogens with one attached hydrogen (secondary N) is 1. The second-order valence-corrected chi connectivity index (χ2v) is 8.82. The van der Waals surface area contributed by atoms with Crippen molar-refractivity contribution >= 4 is 28.1 Å². The molecule has 0 spiro atoms.